The summed E-state index contributed by atoms with van der Waals surface area (Å²) in [4.78, 5) is 14.4. The van der Waals surface area contributed by atoms with Crippen LogP contribution in [0.4, 0.5) is 0 Å². The maximum atomic E-state index is 12.6. The van der Waals surface area contributed by atoms with Gasteiger partial charge in [-0.05, 0) is 39.2 Å². The Morgan fingerprint density at radius 2 is 2.00 bits per heavy atom. The molecule has 0 aromatic heterocycles. The van der Waals surface area contributed by atoms with Crippen LogP contribution < -0.4 is 5.32 Å². The van der Waals surface area contributed by atoms with Gasteiger partial charge in [0.2, 0.25) is 5.91 Å². The summed E-state index contributed by atoms with van der Waals surface area (Å²) < 4.78 is 22.9. The first-order valence-electron chi connectivity index (χ1n) is 7.09. The molecule has 20 heavy (non-hydrogen) atoms. The molecule has 2 fully saturated rings. The number of hydrogen-bond donors (Lipinski definition) is 1. The van der Waals surface area contributed by atoms with E-state index in [1.165, 1.54) is 6.26 Å². The normalized spacial score (nSPS) is 24.6. The van der Waals surface area contributed by atoms with Crippen molar-refractivity contribution >= 4 is 28.2 Å². The van der Waals surface area contributed by atoms with Crippen LogP contribution in [0.5, 0.6) is 0 Å². The number of carbonyl (C=O) groups excluding carboxylic acids is 1. The fourth-order valence-corrected chi connectivity index (χ4v) is 3.94. The third-order valence-electron chi connectivity index (χ3n) is 3.86. The summed E-state index contributed by atoms with van der Waals surface area (Å²) in [6.07, 6.45) is 5.21. The van der Waals surface area contributed by atoms with Crippen LogP contribution in [0, 0.1) is 5.92 Å². The minimum atomic E-state index is -3.05. The Labute approximate surface area is 127 Å². The van der Waals surface area contributed by atoms with Crippen molar-refractivity contribution in [2.45, 2.75) is 44.7 Å². The summed E-state index contributed by atoms with van der Waals surface area (Å²) in [7, 11) is -3.05. The molecular formula is C13H25ClN2O3S. The maximum absolute atomic E-state index is 12.6. The summed E-state index contributed by atoms with van der Waals surface area (Å²) in [6.45, 7) is 3.56. The standard InChI is InChI=1S/C13H24N2O3S.ClH/c1-10(9-19(2,17)18)15(12-5-6-12)13(16)11-4-3-7-14-8-11;/h10-12,14H,3-9H2,1-2H3;1H. The van der Waals surface area contributed by atoms with Gasteiger partial charge in [0.15, 0.2) is 0 Å². The van der Waals surface area contributed by atoms with Crippen molar-refractivity contribution in [3.05, 3.63) is 0 Å². The maximum Gasteiger partial charge on any atom is 0.227 e. The number of nitrogens with zero attached hydrogens (tertiary/aromatic N) is 1. The molecule has 1 saturated heterocycles. The van der Waals surface area contributed by atoms with Crippen LogP contribution in [0.1, 0.15) is 32.6 Å². The van der Waals surface area contributed by atoms with E-state index in [0.717, 1.165) is 38.8 Å². The van der Waals surface area contributed by atoms with E-state index in [1.54, 1.807) is 0 Å². The predicted octanol–water partition coefficient (Wildman–Crippen LogP) is 0.832. The molecule has 2 unspecified atom stereocenters. The molecule has 0 bridgehead atoms. The lowest BCUT2D eigenvalue weighted by Gasteiger charge is -2.34. The molecule has 2 aliphatic rings. The molecule has 0 aromatic carbocycles. The van der Waals surface area contributed by atoms with Gasteiger partial charge in [-0.1, -0.05) is 0 Å². The predicted molar refractivity (Wildman–Crippen MR) is 81.9 cm³/mol. The van der Waals surface area contributed by atoms with Crippen LogP contribution in [0.3, 0.4) is 0 Å². The van der Waals surface area contributed by atoms with E-state index in [4.69, 9.17) is 0 Å². The van der Waals surface area contributed by atoms with Gasteiger partial charge in [-0.3, -0.25) is 4.79 Å². The van der Waals surface area contributed by atoms with Crippen molar-refractivity contribution in [3.63, 3.8) is 0 Å². The number of rotatable bonds is 5. The largest absolute Gasteiger partial charge is 0.336 e. The van der Waals surface area contributed by atoms with Gasteiger partial charge in [-0.2, -0.15) is 0 Å². The number of piperidine rings is 1. The van der Waals surface area contributed by atoms with E-state index in [-0.39, 0.29) is 42.1 Å². The molecule has 0 radical (unpaired) electrons. The Hall–Kier alpha value is -0.330. The Bertz CT molecular complexity index is 431. The van der Waals surface area contributed by atoms with Crippen molar-refractivity contribution in [1.82, 2.24) is 10.2 Å². The van der Waals surface area contributed by atoms with Crippen molar-refractivity contribution < 1.29 is 13.2 Å². The Morgan fingerprint density at radius 3 is 2.45 bits per heavy atom. The molecule has 1 heterocycles. The van der Waals surface area contributed by atoms with Crippen LogP contribution in [0.15, 0.2) is 0 Å². The van der Waals surface area contributed by atoms with Gasteiger partial charge in [0.1, 0.15) is 9.84 Å². The van der Waals surface area contributed by atoms with Crippen LogP contribution >= 0.6 is 12.4 Å². The fourth-order valence-electron chi connectivity index (χ4n) is 2.90. The zero-order chi connectivity index (χ0) is 14.0. The van der Waals surface area contributed by atoms with Crippen LogP contribution in [0.25, 0.3) is 0 Å². The lowest BCUT2D eigenvalue weighted by molar-refractivity contribution is -0.138. The average Bonchev–Trinajstić information content (AvgIpc) is 3.12. The van der Waals surface area contributed by atoms with Gasteiger partial charge in [0.25, 0.3) is 0 Å². The number of carbonyl (C=O) groups is 1. The number of hydrogen-bond acceptors (Lipinski definition) is 4. The Morgan fingerprint density at radius 1 is 1.35 bits per heavy atom. The van der Waals surface area contributed by atoms with Crippen molar-refractivity contribution in [1.29, 1.82) is 0 Å². The van der Waals surface area contributed by atoms with Crippen LogP contribution in [-0.4, -0.2) is 56.4 Å². The first-order chi connectivity index (χ1) is 8.88. The zero-order valence-electron chi connectivity index (χ0n) is 12.2. The number of amides is 1. The molecule has 0 aromatic rings. The number of halogens is 1. The van der Waals surface area contributed by atoms with Gasteiger partial charge >= 0.3 is 0 Å². The molecule has 1 amide bonds. The highest BCUT2D eigenvalue weighted by Gasteiger charge is 2.39. The minimum Gasteiger partial charge on any atom is -0.336 e. The molecule has 0 spiro atoms. The van der Waals surface area contributed by atoms with Crippen LogP contribution in [-0.2, 0) is 14.6 Å². The first kappa shape index (κ1) is 17.7. The molecule has 2 rings (SSSR count). The molecule has 1 aliphatic heterocycles. The van der Waals surface area contributed by atoms with Crippen molar-refractivity contribution in [2.75, 3.05) is 25.1 Å². The van der Waals surface area contributed by atoms with Gasteiger partial charge in [-0.15, -0.1) is 12.4 Å². The molecule has 118 valence electrons. The highest BCUT2D eigenvalue weighted by atomic mass is 35.5. The van der Waals surface area contributed by atoms with E-state index in [0.29, 0.717) is 0 Å². The highest BCUT2D eigenvalue weighted by Crippen LogP contribution is 2.31. The zero-order valence-corrected chi connectivity index (χ0v) is 13.8. The molecule has 1 aliphatic carbocycles. The Balaban J connectivity index is 0.00000200. The lowest BCUT2D eigenvalue weighted by Crippen LogP contribution is -2.49. The smallest absolute Gasteiger partial charge is 0.227 e. The fraction of sp³-hybridized carbons (Fsp3) is 0.923. The third-order valence-corrected chi connectivity index (χ3v) is 4.95. The van der Waals surface area contributed by atoms with Gasteiger partial charge in [-0.25, -0.2) is 8.42 Å². The second kappa shape index (κ2) is 7.09. The molecule has 5 nitrogen and oxygen atoms in total. The summed E-state index contributed by atoms with van der Waals surface area (Å²) >= 11 is 0. The van der Waals surface area contributed by atoms with Crippen molar-refractivity contribution in [3.8, 4) is 0 Å². The molecular weight excluding hydrogens is 300 g/mol. The SMILES string of the molecule is CC(CS(C)(=O)=O)N(C(=O)C1CCCNC1)C1CC1.Cl. The first-order valence-corrected chi connectivity index (χ1v) is 9.15. The molecule has 1 saturated carbocycles. The number of sulfone groups is 1. The second-order valence-corrected chi connectivity index (χ2v) is 8.15. The summed E-state index contributed by atoms with van der Waals surface area (Å²) in [5.74, 6) is 0.234. The second-order valence-electron chi connectivity index (χ2n) is 5.96. The van der Waals surface area contributed by atoms with Gasteiger partial charge < -0.3 is 10.2 Å². The van der Waals surface area contributed by atoms with Crippen LogP contribution in [0.2, 0.25) is 0 Å². The number of nitrogens with one attached hydrogen (secondary N) is 1. The van der Waals surface area contributed by atoms with Gasteiger partial charge in [0, 0.05) is 24.9 Å². The molecule has 7 heteroatoms. The Kier molecular flexibility index (Phi) is 6.28. The summed E-state index contributed by atoms with van der Waals surface area (Å²) in [5.41, 5.74) is 0. The monoisotopic (exact) mass is 324 g/mol. The topological polar surface area (TPSA) is 66.5 Å². The third kappa shape index (κ3) is 4.90. The minimum absolute atomic E-state index is 0. The van der Waals surface area contributed by atoms with Gasteiger partial charge in [0.05, 0.1) is 11.7 Å². The van der Waals surface area contributed by atoms with E-state index in [2.05, 4.69) is 5.32 Å². The molecule has 2 atom stereocenters. The van der Waals surface area contributed by atoms with Crippen molar-refractivity contribution in [2.24, 2.45) is 5.92 Å². The average molecular weight is 325 g/mol. The molecule has 1 N–H and O–H groups in total. The van der Waals surface area contributed by atoms with E-state index in [9.17, 15) is 13.2 Å². The van der Waals surface area contributed by atoms with E-state index in [1.807, 2.05) is 11.8 Å². The summed E-state index contributed by atoms with van der Waals surface area (Å²) in [6, 6.07) is 0.0584. The van der Waals surface area contributed by atoms with E-state index >= 15 is 0 Å². The summed E-state index contributed by atoms with van der Waals surface area (Å²) in [5, 5.41) is 3.25. The lowest BCUT2D eigenvalue weighted by atomic mass is 9.97. The van der Waals surface area contributed by atoms with E-state index < -0.39 is 9.84 Å². The highest BCUT2D eigenvalue weighted by molar-refractivity contribution is 7.90. The quantitative estimate of drug-likeness (QED) is 0.813.